The molecule has 28 heavy (non-hydrogen) atoms. The molecule has 0 unspecified atom stereocenters. The van der Waals surface area contributed by atoms with E-state index in [-0.39, 0.29) is 18.1 Å². The van der Waals surface area contributed by atoms with Crippen LogP contribution in [0.5, 0.6) is 5.75 Å². The van der Waals surface area contributed by atoms with Crippen LogP contribution in [0.2, 0.25) is 0 Å². The van der Waals surface area contributed by atoms with Crippen LogP contribution >= 0.6 is 0 Å². The number of rotatable bonds is 2. The van der Waals surface area contributed by atoms with Gasteiger partial charge in [0.25, 0.3) is 0 Å². The zero-order chi connectivity index (χ0) is 19.7. The first kappa shape index (κ1) is 19.1. The summed E-state index contributed by atoms with van der Waals surface area (Å²) in [7, 11) is 0. The third kappa shape index (κ3) is 3.69. The number of aryl methyl sites for hydroxylation is 1. The first-order valence-corrected chi connectivity index (χ1v) is 10.7. The van der Waals surface area contributed by atoms with E-state index in [0.717, 1.165) is 62.2 Å². The standard InChI is InChI=1S/C22H31N3O3/c1-3-18-15-25(19-14-16(2)6-7-20(19)28-18)22(27)24-12-8-17(9-13-24)21(26)23-10-4-5-11-23/h6-7,14,17-18H,3-5,8-13,15H2,1-2H3/t18-/m1/s1. The topological polar surface area (TPSA) is 53.1 Å². The van der Waals surface area contributed by atoms with Crippen molar-refractivity contribution in [2.24, 2.45) is 5.92 Å². The number of carbonyl (C=O) groups is 2. The molecular formula is C22H31N3O3. The second-order valence-electron chi connectivity index (χ2n) is 8.31. The van der Waals surface area contributed by atoms with Gasteiger partial charge in [0.2, 0.25) is 5.91 Å². The first-order valence-electron chi connectivity index (χ1n) is 10.7. The second kappa shape index (κ2) is 8.02. The molecule has 3 heterocycles. The summed E-state index contributed by atoms with van der Waals surface area (Å²) in [4.78, 5) is 31.8. The van der Waals surface area contributed by atoms with Gasteiger partial charge in [0.1, 0.15) is 11.9 Å². The van der Waals surface area contributed by atoms with Crippen molar-refractivity contribution in [3.05, 3.63) is 23.8 Å². The molecule has 3 aliphatic rings. The number of anilines is 1. The Balaban J connectivity index is 1.43. The summed E-state index contributed by atoms with van der Waals surface area (Å²) in [5.41, 5.74) is 1.98. The van der Waals surface area contributed by atoms with Gasteiger partial charge in [-0.3, -0.25) is 9.69 Å². The number of hydrogen-bond donors (Lipinski definition) is 0. The lowest BCUT2D eigenvalue weighted by Gasteiger charge is -2.40. The van der Waals surface area contributed by atoms with Crippen LogP contribution in [0.15, 0.2) is 18.2 Å². The Labute approximate surface area is 167 Å². The number of benzene rings is 1. The lowest BCUT2D eigenvalue weighted by molar-refractivity contribution is -0.135. The molecule has 0 saturated carbocycles. The smallest absolute Gasteiger partial charge is 0.324 e. The Hall–Kier alpha value is -2.24. The van der Waals surface area contributed by atoms with E-state index in [0.29, 0.717) is 25.5 Å². The molecule has 4 rings (SSSR count). The van der Waals surface area contributed by atoms with Crippen molar-refractivity contribution in [1.82, 2.24) is 9.80 Å². The number of piperidine rings is 1. The Bertz CT molecular complexity index is 737. The molecule has 0 spiro atoms. The molecule has 152 valence electrons. The van der Waals surface area contributed by atoms with Crippen LogP contribution in [0, 0.1) is 12.8 Å². The molecule has 3 amide bonds. The number of amides is 3. The van der Waals surface area contributed by atoms with Crippen LogP contribution in [-0.2, 0) is 4.79 Å². The molecule has 1 aromatic rings. The van der Waals surface area contributed by atoms with Crippen molar-refractivity contribution >= 4 is 17.6 Å². The Morgan fingerprint density at radius 3 is 2.46 bits per heavy atom. The third-order valence-electron chi connectivity index (χ3n) is 6.30. The van der Waals surface area contributed by atoms with Crippen LogP contribution in [-0.4, -0.2) is 60.6 Å². The fraction of sp³-hybridized carbons (Fsp3) is 0.636. The maximum absolute atomic E-state index is 13.3. The molecule has 1 aromatic carbocycles. The maximum Gasteiger partial charge on any atom is 0.324 e. The molecule has 3 aliphatic heterocycles. The zero-order valence-corrected chi connectivity index (χ0v) is 17.0. The summed E-state index contributed by atoms with van der Waals surface area (Å²) in [6.07, 6.45) is 4.67. The zero-order valence-electron chi connectivity index (χ0n) is 17.0. The number of hydrogen-bond acceptors (Lipinski definition) is 3. The Morgan fingerprint density at radius 1 is 1.07 bits per heavy atom. The van der Waals surface area contributed by atoms with Gasteiger partial charge >= 0.3 is 6.03 Å². The third-order valence-corrected chi connectivity index (χ3v) is 6.30. The summed E-state index contributed by atoms with van der Waals surface area (Å²) >= 11 is 0. The number of fused-ring (bicyclic) bond motifs is 1. The average Bonchev–Trinajstić information content (AvgIpc) is 3.27. The van der Waals surface area contributed by atoms with Gasteiger partial charge in [-0.15, -0.1) is 0 Å². The molecule has 0 aromatic heterocycles. The Morgan fingerprint density at radius 2 is 1.79 bits per heavy atom. The molecule has 2 fully saturated rings. The average molecular weight is 386 g/mol. The van der Waals surface area contributed by atoms with Gasteiger partial charge in [0.05, 0.1) is 12.2 Å². The molecule has 6 heteroatoms. The first-order chi connectivity index (χ1) is 13.6. The minimum atomic E-state index is 0.0217. The fourth-order valence-corrected chi connectivity index (χ4v) is 4.53. The molecule has 0 bridgehead atoms. The van der Waals surface area contributed by atoms with E-state index in [1.807, 2.05) is 39.8 Å². The van der Waals surface area contributed by atoms with E-state index in [1.54, 1.807) is 0 Å². The number of nitrogens with zero attached hydrogens (tertiary/aromatic N) is 3. The van der Waals surface area contributed by atoms with Gasteiger partial charge in [-0.05, 0) is 56.7 Å². The van der Waals surface area contributed by atoms with Gasteiger partial charge in [0.15, 0.2) is 0 Å². The Kier molecular flexibility index (Phi) is 5.47. The molecule has 6 nitrogen and oxygen atoms in total. The van der Waals surface area contributed by atoms with Crippen LogP contribution < -0.4 is 9.64 Å². The highest BCUT2D eigenvalue weighted by Crippen LogP contribution is 2.36. The van der Waals surface area contributed by atoms with Crippen LogP contribution in [0.4, 0.5) is 10.5 Å². The highest BCUT2D eigenvalue weighted by atomic mass is 16.5. The van der Waals surface area contributed by atoms with Gasteiger partial charge < -0.3 is 14.5 Å². The summed E-state index contributed by atoms with van der Waals surface area (Å²) < 4.78 is 6.05. The lowest BCUT2D eigenvalue weighted by atomic mass is 9.95. The van der Waals surface area contributed by atoms with Crippen molar-refractivity contribution in [3.63, 3.8) is 0 Å². The fourth-order valence-electron chi connectivity index (χ4n) is 4.53. The highest BCUT2D eigenvalue weighted by Gasteiger charge is 2.35. The van der Waals surface area contributed by atoms with Crippen LogP contribution in [0.25, 0.3) is 0 Å². The monoisotopic (exact) mass is 385 g/mol. The van der Waals surface area contributed by atoms with E-state index in [2.05, 4.69) is 6.92 Å². The number of urea groups is 1. The van der Waals surface area contributed by atoms with Crippen LogP contribution in [0.1, 0.15) is 44.6 Å². The second-order valence-corrected chi connectivity index (χ2v) is 8.31. The minimum absolute atomic E-state index is 0.0217. The number of likely N-dealkylation sites (tertiary alicyclic amines) is 2. The van der Waals surface area contributed by atoms with Gasteiger partial charge in [-0.2, -0.15) is 0 Å². The SMILES string of the molecule is CC[C@@H]1CN(C(=O)N2CCC(C(=O)N3CCCC3)CC2)c2cc(C)ccc2O1. The minimum Gasteiger partial charge on any atom is -0.486 e. The van der Waals surface area contributed by atoms with E-state index in [9.17, 15) is 9.59 Å². The largest absolute Gasteiger partial charge is 0.486 e. The normalized spacial score (nSPS) is 22.8. The lowest BCUT2D eigenvalue weighted by Crippen LogP contribution is -2.52. The van der Waals surface area contributed by atoms with Gasteiger partial charge in [-0.1, -0.05) is 13.0 Å². The van der Waals surface area contributed by atoms with Crippen molar-refractivity contribution in [3.8, 4) is 5.75 Å². The molecule has 2 saturated heterocycles. The van der Waals surface area contributed by atoms with Crippen molar-refractivity contribution in [2.45, 2.75) is 52.1 Å². The summed E-state index contributed by atoms with van der Waals surface area (Å²) in [6.45, 7) is 7.81. The van der Waals surface area contributed by atoms with E-state index in [4.69, 9.17) is 4.74 Å². The van der Waals surface area contributed by atoms with Gasteiger partial charge in [-0.25, -0.2) is 4.79 Å². The van der Waals surface area contributed by atoms with Crippen LogP contribution in [0.3, 0.4) is 0 Å². The van der Waals surface area contributed by atoms with E-state index in [1.165, 1.54) is 0 Å². The predicted octanol–water partition coefficient (Wildman–Crippen LogP) is 3.43. The summed E-state index contributed by atoms with van der Waals surface area (Å²) in [6, 6.07) is 6.06. The van der Waals surface area contributed by atoms with Crippen molar-refractivity contribution in [1.29, 1.82) is 0 Å². The number of carbonyl (C=O) groups excluding carboxylic acids is 2. The maximum atomic E-state index is 13.3. The van der Waals surface area contributed by atoms with E-state index < -0.39 is 0 Å². The van der Waals surface area contributed by atoms with Gasteiger partial charge in [0, 0.05) is 32.1 Å². The quantitative estimate of drug-likeness (QED) is 0.784. The summed E-state index contributed by atoms with van der Waals surface area (Å²) in [5, 5.41) is 0. The molecular weight excluding hydrogens is 354 g/mol. The number of ether oxygens (including phenoxy) is 1. The van der Waals surface area contributed by atoms with Crippen molar-refractivity contribution in [2.75, 3.05) is 37.6 Å². The van der Waals surface area contributed by atoms with E-state index >= 15 is 0 Å². The molecule has 1 atom stereocenters. The molecule has 0 radical (unpaired) electrons. The predicted molar refractivity (Wildman–Crippen MR) is 109 cm³/mol. The summed E-state index contributed by atoms with van der Waals surface area (Å²) in [5.74, 6) is 1.16. The van der Waals surface area contributed by atoms with Crippen molar-refractivity contribution < 1.29 is 14.3 Å². The molecule has 0 aliphatic carbocycles. The highest BCUT2D eigenvalue weighted by molar-refractivity contribution is 5.94. The molecule has 0 N–H and O–H groups in total.